The summed E-state index contributed by atoms with van der Waals surface area (Å²) in [6, 6.07) is 0. The van der Waals surface area contributed by atoms with Gasteiger partial charge in [-0.2, -0.15) is 0 Å². The average Bonchev–Trinajstić information content (AvgIpc) is 2.60. The molecule has 0 aromatic rings. The molecule has 1 aliphatic carbocycles. The van der Waals surface area contributed by atoms with Gasteiger partial charge in [0.05, 0.1) is 13.0 Å². The smallest absolute Gasteiger partial charge is 0.310 e. The van der Waals surface area contributed by atoms with E-state index in [-0.39, 0.29) is 17.3 Å². The van der Waals surface area contributed by atoms with Crippen molar-refractivity contribution in [3.05, 3.63) is 0 Å². The van der Waals surface area contributed by atoms with Gasteiger partial charge in [0.15, 0.2) is 0 Å². The predicted octanol–water partition coefficient (Wildman–Crippen LogP) is 1.58. The molecule has 0 bridgehead atoms. The number of hydrogen-bond donors (Lipinski definition) is 1. The second-order valence-corrected chi connectivity index (χ2v) is 5.27. The SMILES string of the molecule is COC(=O)C1CNCC12CCCC(C)C2. The summed E-state index contributed by atoms with van der Waals surface area (Å²) < 4.78 is 4.92. The van der Waals surface area contributed by atoms with Crippen LogP contribution in [0.25, 0.3) is 0 Å². The minimum absolute atomic E-state index is 0.0194. The van der Waals surface area contributed by atoms with Crippen LogP contribution < -0.4 is 5.32 Å². The molecule has 3 unspecified atom stereocenters. The Balaban J connectivity index is 2.14. The zero-order chi connectivity index (χ0) is 10.9. The van der Waals surface area contributed by atoms with Crippen LogP contribution >= 0.6 is 0 Å². The molecule has 1 spiro atoms. The van der Waals surface area contributed by atoms with Gasteiger partial charge in [-0.05, 0) is 24.2 Å². The van der Waals surface area contributed by atoms with Crippen LogP contribution in [-0.4, -0.2) is 26.2 Å². The highest BCUT2D eigenvalue weighted by atomic mass is 16.5. The lowest BCUT2D eigenvalue weighted by atomic mass is 9.65. The molecule has 2 rings (SSSR count). The number of rotatable bonds is 1. The lowest BCUT2D eigenvalue weighted by Gasteiger charge is -2.39. The summed E-state index contributed by atoms with van der Waals surface area (Å²) in [6.45, 7) is 4.10. The Labute approximate surface area is 91.6 Å². The monoisotopic (exact) mass is 211 g/mol. The van der Waals surface area contributed by atoms with E-state index in [1.165, 1.54) is 32.8 Å². The fourth-order valence-electron chi connectivity index (χ4n) is 3.46. The van der Waals surface area contributed by atoms with Crippen molar-refractivity contribution in [3.8, 4) is 0 Å². The van der Waals surface area contributed by atoms with Crippen molar-refractivity contribution in [2.24, 2.45) is 17.3 Å². The standard InChI is InChI=1S/C12H21NO2/c1-9-4-3-5-12(6-9)8-13-7-10(12)11(14)15-2/h9-10,13H,3-8H2,1-2H3. The minimum Gasteiger partial charge on any atom is -0.469 e. The average molecular weight is 211 g/mol. The fraction of sp³-hybridized carbons (Fsp3) is 0.917. The third-order valence-electron chi connectivity index (χ3n) is 4.18. The lowest BCUT2D eigenvalue weighted by Crippen LogP contribution is -2.39. The maximum absolute atomic E-state index is 11.7. The molecule has 3 nitrogen and oxygen atoms in total. The highest BCUT2D eigenvalue weighted by molar-refractivity contribution is 5.74. The van der Waals surface area contributed by atoms with E-state index in [4.69, 9.17) is 4.74 Å². The molecule has 2 aliphatic rings. The van der Waals surface area contributed by atoms with Crippen LogP contribution in [0.5, 0.6) is 0 Å². The number of esters is 1. The van der Waals surface area contributed by atoms with Gasteiger partial charge >= 0.3 is 5.97 Å². The normalized spacial score (nSPS) is 40.7. The van der Waals surface area contributed by atoms with Crippen LogP contribution in [0, 0.1) is 17.3 Å². The van der Waals surface area contributed by atoms with Gasteiger partial charge in [-0.25, -0.2) is 0 Å². The lowest BCUT2D eigenvalue weighted by molar-refractivity contribution is -0.149. The van der Waals surface area contributed by atoms with Gasteiger partial charge in [-0.15, -0.1) is 0 Å². The van der Waals surface area contributed by atoms with E-state index in [1.54, 1.807) is 0 Å². The van der Waals surface area contributed by atoms with Crippen molar-refractivity contribution in [2.45, 2.75) is 32.6 Å². The van der Waals surface area contributed by atoms with Gasteiger partial charge in [0.2, 0.25) is 0 Å². The first-order chi connectivity index (χ1) is 7.18. The Bertz CT molecular complexity index is 254. The predicted molar refractivity (Wildman–Crippen MR) is 58.4 cm³/mol. The maximum Gasteiger partial charge on any atom is 0.310 e. The highest BCUT2D eigenvalue weighted by Crippen LogP contribution is 2.47. The number of carbonyl (C=O) groups is 1. The first-order valence-electron chi connectivity index (χ1n) is 5.96. The van der Waals surface area contributed by atoms with Crippen LogP contribution in [0.3, 0.4) is 0 Å². The van der Waals surface area contributed by atoms with Gasteiger partial charge < -0.3 is 10.1 Å². The minimum atomic E-state index is -0.0194. The Morgan fingerprint density at radius 3 is 3.00 bits per heavy atom. The van der Waals surface area contributed by atoms with Crippen LogP contribution in [0.15, 0.2) is 0 Å². The third-order valence-corrected chi connectivity index (χ3v) is 4.18. The molecule has 3 atom stereocenters. The second-order valence-electron chi connectivity index (χ2n) is 5.27. The molecule has 1 heterocycles. The van der Waals surface area contributed by atoms with E-state index in [0.717, 1.165) is 19.0 Å². The van der Waals surface area contributed by atoms with E-state index in [2.05, 4.69) is 12.2 Å². The Morgan fingerprint density at radius 1 is 1.53 bits per heavy atom. The van der Waals surface area contributed by atoms with E-state index in [1.807, 2.05) is 0 Å². The number of hydrogen-bond acceptors (Lipinski definition) is 3. The van der Waals surface area contributed by atoms with Gasteiger partial charge in [0, 0.05) is 13.1 Å². The Morgan fingerprint density at radius 2 is 2.33 bits per heavy atom. The van der Waals surface area contributed by atoms with Crippen molar-refractivity contribution < 1.29 is 9.53 Å². The summed E-state index contributed by atoms with van der Waals surface area (Å²) in [5.74, 6) is 0.824. The van der Waals surface area contributed by atoms with Crippen molar-refractivity contribution in [1.82, 2.24) is 5.32 Å². The van der Waals surface area contributed by atoms with Gasteiger partial charge in [0.25, 0.3) is 0 Å². The summed E-state index contributed by atoms with van der Waals surface area (Å²) in [6.07, 6.45) is 4.94. The largest absolute Gasteiger partial charge is 0.469 e. The maximum atomic E-state index is 11.7. The summed E-state index contributed by atoms with van der Waals surface area (Å²) in [4.78, 5) is 11.7. The summed E-state index contributed by atoms with van der Waals surface area (Å²) >= 11 is 0. The van der Waals surface area contributed by atoms with Crippen molar-refractivity contribution in [1.29, 1.82) is 0 Å². The zero-order valence-electron chi connectivity index (χ0n) is 9.71. The summed E-state index contributed by atoms with van der Waals surface area (Å²) in [5.41, 5.74) is 0.199. The number of nitrogens with one attached hydrogen (secondary N) is 1. The Kier molecular flexibility index (Phi) is 3.01. The molecule has 0 aromatic heterocycles. The number of carbonyl (C=O) groups excluding carboxylic acids is 1. The van der Waals surface area contributed by atoms with Gasteiger partial charge in [0.1, 0.15) is 0 Å². The molecule has 0 aromatic carbocycles. The van der Waals surface area contributed by atoms with Gasteiger partial charge in [-0.3, -0.25) is 4.79 Å². The molecule has 2 fully saturated rings. The highest BCUT2D eigenvalue weighted by Gasteiger charge is 2.48. The molecular formula is C12H21NO2. The molecule has 1 saturated heterocycles. The van der Waals surface area contributed by atoms with Crippen LogP contribution in [0.4, 0.5) is 0 Å². The molecular weight excluding hydrogens is 190 g/mol. The molecule has 86 valence electrons. The Hall–Kier alpha value is -0.570. The molecule has 1 aliphatic heterocycles. The number of ether oxygens (including phenoxy) is 1. The van der Waals surface area contributed by atoms with E-state index in [0.29, 0.717) is 0 Å². The van der Waals surface area contributed by atoms with E-state index in [9.17, 15) is 4.79 Å². The first-order valence-corrected chi connectivity index (χ1v) is 5.96. The van der Waals surface area contributed by atoms with Gasteiger partial charge in [-0.1, -0.05) is 19.8 Å². The molecule has 0 radical (unpaired) electrons. The third kappa shape index (κ3) is 1.89. The van der Waals surface area contributed by atoms with Crippen LogP contribution in [-0.2, 0) is 9.53 Å². The van der Waals surface area contributed by atoms with Crippen LogP contribution in [0.2, 0.25) is 0 Å². The van der Waals surface area contributed by atoms with Crippen molar-refractivity contribution in [3.63, 3.8) is 0 Å². The second kappa shape index (κ2) is 4.12. The van der Waals surface area contributed by atoms with Crippen LogP contribution in [0.1, 0.15) is 32.6 Å². The molecule has 15 heavy (non-hydrogen) atoms. The number of methoxy groups -OCH3 is 1. The summed E-state index contributed by atoms with van der Waals surface area (Å²) in [5, 5.41) is 3.37. The fourth-order valence-corrected chi connectivity index (χ4v) is 3.46. The molecule has 0 amide bonds. The van der Waals surface area contributed by atoms with E-state index >= 15 is 0 Å². The summed E-state index contributed by atoms with van der Waals surface area (Å²) in [7, 11) is 1.50. The zero-order valence-corrected chi connectivity index (χ0v) is 9.71. The van der Waals surface area contributed by atoms with E-state index < -0.39 is 0 Å². The molecule has 1 N–H and O–H groups in total. The first kappa shape index (κ1) is 10.9. The molecule has 1 saturated carbocycles. The van der Waals surface area contributed by atoms with Crippen molar-refractivity contribution >= 4 is 5.97 Å². The topological polar surface area (TPSA) is 38.3 Å². The molecule has 3 heteroatoms. The quantitative estimate of drug-likeness (QED) is 0.669. The van der Waals surface area contributed by atoms with Crippen molar-refractivity contribution in [2.75, 3.05) is 20.2 Å².